The molecule has 0 saturated heterocycles. The standard InChI is InChI=1S/C17H16F2N2O2/c18-13-3-1-11(2-4-13)16(22)10-21(15-5-6-15)17(23)12-7-14(19)9-20-8-12/h1-4,7-9,15-16,22H,5-6,10H2. The first-order chi connectivity index (χ1) is 11.0. The summed E-state index contributed by atoms with van der Waals surface area (Å²) in [5.41, 5.74) is 0.686. The van der Waals surface area contributed by atoms with Gasteiger partial charge < -0.3 is 10.0 Å². The zero-order valence-corrected chi connectivity index (χ0v) is 12.3. The summed E-state index contributed by atoms with van der Waals surface area (Å²) in [5.74, 6) is -1.33. The summed E-state index contributed by atoms with van der Waals surface area (Å²) in [6.07, 6.45) is 3.12. The first-order valence-electron chi connectivity index (χ1n) is 7.39. The van der Waals surface area contributed by atoms with Gasteiger partial charge >= 0.3 is 0 Å². The molecule has 1 N–H and O–H groups in total. The molecule has 1 aliphatic carbocycles. The highest BCUT2D eigenvalue weighted by Crippen LogP contribution is 2.30. The minimum absolute atomic E-state index is 0.0425. The molecule has 0 aliphatic heterocycles. The Morgan fingerprint density at radius 2 is 1.91 bits per heavy atom. The summed E-state index contributed by atoms with van der Waals surface area (Å²) in [6.45, 7) is 0.0750. The molecule has 1 heterocycles. The number of benzene rings is 1. The lowest BCUT2D eigenvalue weighted by Gasteiger charge is -2.25. The maximum absolute atomic E-state index is 13.3. The molecule has 1 saturated carbocycles. The largest absolute Gasteiger partial charge is 0.387 e. The van der Waals surface area contributed by atoms with Crippen molar-refractivity contribution in [1.82, 2.24) is 9.88 Å². The molecule has 0 bridgehead atoms. The minimum Gasteiger partial charge on any atom is -0.387 e. The molecule has 6 heteroatoms. The maximum Gasteiger partial charge on any atom is 0.255 e. The van der Waals surface area contributed by atoms with E-state index in [9.17, 15) is 18.7 Å². The molecule has 0 radical (unpaired) electrons. The number of carbonyl (C=O) groups is 1. The number of hydrogen-bond donors (Lipinski definition) is 1. The van der Waals surface area contributed by atoms with Crippen molar-refractivity contribution in [3.63, 3.8) is 0 Å². The molecule has 120 valence electrons. The molecule has 1 atom stereocenters. The molecule has 4 nitrogen and oxygen atoms in total. The van der Waals surface area contributed by atoms with Crippen LogP contribution in [0.5, 0.6) is 0 Å². The van der Waals surface area contributed by atoms with Crippen LogP contribution in [-0.2, 0) is 0 Å². The van der Waals surface area contributed by atoms with Crippen LogP contribution >= 0.6 is 0 Å². The van der Waals surface area contributed by atoms with E-state index in [0.29, 0.717) is 5.56 Å². The number of aliphatic hydroxyl groups excluding tert-OH is 1. The molecule has 3 rings (SSSR count). The molecule has 1 aliphatic rings. The van der Waals surface area contributed by atoms with Crippen molar-refractivity contribution >= 4 is 5.91 Å². The van der Waals surface area contributed by atoms with Crippen LogP contribution < -0.4 is 0 Å². The van der Waals surface area contributed by atoms with Gasteiger partial charge in [-0.05, 0) is 36.6 Å². The van der Waals surface area contributed by atoms with Crippen LogP contribution in [0.3, 0.4) is 0 Å². The maximum atomic E-state index is 13.3. The van der Waals surface area contributed by atoms with E-state index >= 15 is 0 Å². The van der Waals surface area contributed by atoms with E-state index in [0.717, 1.165) is 25.1 Å². The Bertz CT molecular complexity index is 702. The van der Waals surface area contributed by atoms with Gasteiger partial charge in [0.2, 0.25) is 0 Å². The van der Waals surface area contributed by atoms with Crippen LogP contribution in [0.25, 0.3) is 0 Å². The second-order valence-corrected chi connectivity index (χ2v) is 5.65. The lowest BCUT2D eigenvalue weighted by Crippen LogP contribution is -2.36. The Kier molecular flexibility index (Phi) is 4.34. The minimum atomic E-state index is -0.929. The first-order valence-corrected chi connectivity index (χ1v) is 7.39. The normalized spacial score (nSPS) is 15.3. The number of nitrogens with zero attached hydrogens (tertiary/aromatic N) is 2. The second-order valence-electron chi connectivity index (χ2n) is 5.65. The SMILES string of the molecule is O=C(c1cncc(F)c1)N(CC(O)c1ccc(F)cc1)C1CC1. The van der Waals surface area contributed by atoms with Crippen molar-refractivity contribution in [2.45, 2.75) is 25.0 Å². The van der Waals surface area contributed by atoms with Gasteiger partial charge in [0, 0.05) is 12.2 Å². The van der Waals surface area contributed by atoms with E-state index in [2.05, 4.69) is 4.98 Å². The molecule has 1 fully saturated rings. The van der Waals surface area contributed by atoms with Gasteiger partial charge in [-0.3, -0.25) is 9.78 Å². The monoisotopic (exact) mass is 318 g/mol. The fraction of sp³-hybridized carbons (Fsp3) is 0.294. The summed E-state index contributed by atoms with van der Waals surface area (Å²) in [4.78, 5) is 17.8. The van der Waals surface area contributed by atoms with Gasteiger partial charge in [0.15, 0.2) is 0 Å². The third-order valence-electron chi connectivity index (χ3n) is 3.82. The van der Waals surface area contributed by atoms with Crippen molar-refractivity contribution in [3.8, 4) is 0 Å². The fourth-order valence-electron chi connectivity index (χ4n) is 2.46. The Labute approximate surface area is 132 Å². The molecule has 1 amide bonds. The first kappa shape index (κ1) is 15.6. The van der Waals surface area contributed by atoms with E-state index in [1.54, 1.807) is 0 Å². The van der Waals surface area contributed by atoms with Crippen molar-refractivity contribution < 1.29 is 18.7 Å². The number of hydrogen-bond acceptors (Lipinski definition) is 3. The van der Waals surface area contributed by atoms with Gasteiger partial charge in [-0.15, -0.1) is 0 Å². The number of aliphatic hydroxyl groups is 1. The zero-order chi connectivity index (χ0) is 16.4. The third kappa shape index (κ3) is 3.71. The van der Waals surface area contributed by atoms with Gasteiger partial charge in [0.05, 0.1) is 24.4 Å². The summed E-state index contributed by atoms with van der Waals surface area (Å²) in [6, 6.07) is 6.67. The summed E-state index contributed by atoms with van der Waals surface area (Å²) < 4.78 is 26.2. The number of halogens is 2. The second kappa shape index (κ2) is 6.42. The molecule has 23 heavy (non-hydrogen) atoms. The van der Waals surface area contributed by atoms with Gasteiger partial charge in [0.25, 0.3) is 5.91 Å². The Balaban J connectivity index is 1.76. The van der Waals surface area contributed by atoms with Gasteiger partial charge in [-0.25, -0.2) is 8.78 Å². The van der Waals surface area contributed by atoms with E-state index < -0.39 is 11.9 Å². The van der Waals surface area contributed by atoms with Crippen molar-refractivity contribution in [3.05, 3.63) is 65.5 Å². The molecule has 2 aromatic rings. The van der Waals surface area contributed by atoms with E-state index in [1.807, 2.05) is 0 Å². The lowest BCUT2D eigenvalue weighted by molar-refractivity contribution is 0.0602. The summed E-state index contributed by atoms with van der Waals surface area (Å²) >= 11 is 0. The molecular weight excluding hydrogens is 302 g/mol. The molecular formula is C17H16F2N2O2. The number of aromatic nitrogens is 1. The predicted octanol–water partition coefficient (Wildman–Crippen LogP) is 2.70. The Morgan fingerprint density at radius 3 is 2.52 bits per heavy atom. The average Bonchev–Trinajstić information content (AvgIpc) is 3.37. The van der Waals surface area contributed by atoms with Crippen LogP contribution in [-0.4, -0.2) is 33.5 Å². The van der Waals surface area contributed by atoms with Gasteiger partial charge in [-0.2, -0.15) is 0 Å². The molecule has 0 spiro atoms. The predicted molar refractivity (Wildman–Crippen MR) is 79.6 cm³/mol. The molecule has 1 aromatic carbocycles. The Morgan fingerprint density at radius 1 is 1.22 bits per heavy atom. The third-order valence-corrected chi connectivity index (χ3v) is 3.82. The molecule has 1 aromatic heterocycles. The number of amides is 1. The number of carbonyl (C=O) groups excluding carboxylic acids is 1. The highest BCUT2D eigenvalue weighted by molar-refractivity contribution is 5.94. The van der Waals surface area contributed by atoms with Crippen LogP contribution in [0.15, 0.2) is 42.7 Å². The lowest BCUT2D eigenvalue weighted by atomic mass is 10.1. The zero-order valence-electron chi connectivity index (χ0n) is 12.3. The highest BCUT2D eigenvalue weighted by Gasteiger charge is 2.34. The van der Waals surface area contributed by atoms with E-state index in [4.69, 9.17) is 0 Å². The number of pyridine rings is 1. The van der Waals surface area contributed by atoms with Crippen molar-refractivity contribution in [2.24, 2.45) is 0 Å². The van der Waals surface area contributed by atoms with Crippen molar-refractivity contribution in [1.29, 1.82) is 0 Å². The van der Waals surface area contributed by atoms with Gasteiger partial charge in [-0.1, -0.05) is 12.1 Å². The van der Waals surface area contributed by atoms with Crippen LogP contribution in [0.2, 0.25) is 0 Å². The quantitative estimate of drug-likeness (QED) is 0.922. The fourth-order valence-corrected chi connectivity index (χ4v) is 2.46. The van der Waals surface area contributed by atoms with Crippen molar-refractivity contribution in [2.75, 3.05) is 6.54 Å². The molecule has 1 unspecified atom stereocenters. The summed E-state index contributed by atoms with van der Waals surface area (Å²) in [7, 11) is 0. The Hall–Kier alpha value is -2.34. The van der Waals surface area contributed by atoms with Crippen LogP contribution in [0, 0.1) is 11.6 Å². The van der Waals surface area contributed by atoms with Crippen LogP contribution in [0.1, 0.15) is 34.9 Å². The van der Waals surface area contributed by atoms with E-state index in [1.165, 1.54) is 35.4 Å². The number of rotatable bonds is 5. The highest BCUT2D eigenvalue weighted by atomic mass is 19.1. The van der Waals surface area contributed by atoms with E-state index in [-0.39, 0.29) is 29.9 Å². The average molecular weight is 318 g/mol. The smallest absolute Gasteiger partial charge is 0.255 e. The summed E-state index contributed by atoms with van der Waals surface area (Å²) in [5, 5.41) is 10.3. The topological polar surface area (TPSA) is 53.4 Å². The van der Waals surface area contributed by atoms with Gasteiger partial charge in [0.1, 0.15) is 11.6 Å². The van der Waals surface area contributed by atoms with Crippen LogP contribution in [0.4, 0.5) is 8.78 Å².